The Morgan fingerprint density at radius 3 is 2.22 bits per heavy atom. The Morgan fingerprint density at radius 2 is 1.61 bits per heavy atom. The smallest absolute Gasteiger partial charge is 0.339 e. The zero-order valence-corrected chi connectivity index (χ0v) is 21.4. The summed E-state index contributed by atoms with van der Waals surface area (Å²) in [5, 5.41) is 0.644. The summed E-state index contributed by atoms with van der Waals surface area (Å²) in [6, 6.07) is 12.6. The summed E-state index contributed by atoms with van der Waals surface area (Å²) in [7, 11) is 4.62. The fourth-order valence-electron chi connectivity index (χ4n) is 4.48. The lowest BCUT2D eigenvalue weighted by Gasteiger charge is -2.31. The Morgan fingerprint density at radius 1 is 0.972 bits per heavy atom. The number of benzene rings is 2. The fourth-order valence-corrected chi connectivity index (χ4v) is 4.48. The van der Waals surface area contributed by atoms with Gasteiger partial charge in [-0.1, -0.05) is 25.1 Å². The van der Waals surface area contributed by atoms with Crippen LogP contribution < -0.4 is 14.2 Å². The summed E-state index contributed by atoms with van der Waals surface area (Å²) in [5.41, 5.74) is 2.16. The molecule has 0 N–H and O–H groups in total. The van der Waals surface area contributed by atoms with E-state index >= 15 is 0 Å². The molecule has 0 spiro atoms. The third-order valence-corrected chi connectivity index (χ3v) is 6.62. The number of hydrogen-bond donors (Lipinski definition) is 0. The van der Waals surface area contributed by atoms with Crippen molar-refractivity contribution < 1.29 is 28.5 Å². The van der Waals surface area contributed by atoms with Gasteiger partial charge in [0.1, 0.15) is 0 Å². The predicted molar refractivity (Wildman–Crippen MR) is 137 cm³/mol. The van der Waals surface area contributed by atoms with Gasteiger partial charge in [0.2, 0.25) is 5.75 Å². The number of para-hydroxylation sites is 1. The Kier molecular flexibility index (Phi) is 7.62. The summed E-state index contributed by atoms with van der Waals surface area (Å²) in [4.78, 5) is 32.8. The summed E-state index contributed by atoms with van der Waals surface area (Å²) in [6.07, 6.45) is 1.03. The minimum absolute atomic E-state index is 0.168. The van der Waals surface area contributed by atoms with Crippen LogP contribution in [0.5, 0.6) is 17.2 Å². The van der Waals surface area contributed by atoms with Gasteiger partial charge in [0.15, 0.2) is 17.6 Å². The van der Waals surface area contributed by atoms with Crippen molar-refractivity contribution >= 4 is 22.8 Å². The highest BCUT2D eigenvalue weighted by Gasteiger charge is 2.28. The normalized spacial score (nSPS) is 14.9. The number of aromatic nitrogens is 1. The van der Waals surface area contributed by atoms with E-state index in [0.717, 1.165) is 12.8 Å². The second-order valence-corrected chi connectivity index (χ2v) is 9.04. The molecule has 0 radical (unpaired) electrons. The number of ether oxygens (including phenoxy) is 4. The first-order valence-electron chi connectivity index (χ1n) is 12.1. The zero-order valence-electron chi connectivity index (χ0n) is 21.4. The molecular formula is C28H32N2O6. The molecule has 1 aliphatic rings. The molecule has 1 saturated heterocycles. The number of methoxy groups -OCH3 is 3. The maximum atomic E-state index is 13.3. The zero-order chi connectivity index (χ0) is 25.8. The monoisotopic (exact) mass is 492 g/mol. The van der Waals surface area contributed by atoms with E-state index in [1.807, 2.05) is 24.3 Å². The van der Waals surface area contributed by atoms with Crippen molar-refractivity contribution in [2.75, 3.05) is 34.4 Å². The molecule has 1 amide bonds. The molecule has 1 unspecified atom stereocenters. The third kappa shape index (κ3) is 5.08. The Balaban J connectivity index is 1.69. The highest BCUT2D eigenvalue weighted by atomic mass is 16.5. The second kappa shape index (κ2) is 10.8. The van der Waals surface area contributed by atoms with E-state index in [1.54, 1.807) is 44.2 Å². The van der Waals surface area contributed by atoms with Crippen LogP contribution in [0.15, 0.2) is 42.5 Å². The van der Waals surface area contributed by atoms with Crippen LogP contribution in [0.2, 0.25) is 0 Å². The number of hydrogen-bond acceptors (Lipinski definition) is 7. The SMILES string of the molecule is COc1cc(-c2cc(C(=O)OC(C)C(=O)N3CCC(C)CC3)c3ccccc3n2)cc(OC)c1OC. The van der Waals surface area contributed by atoms with Gasteiger partial charge in [-0.3, -0.25) is 4.79 Å². The Hall–Kier alpha value is -3.81. The lowest BCUT2D eigenvalue weighted by atomic mass is 9.99. The first-order chi connectivity index (χ1) is 17.4. The highest BCUT2D eigenvalue weighted by molar-refractivity contribution is 6.05. The number of amides is 1. The molecular weight excluding hydrogens is 460 g/mol. The van der Waals surface area contributed by atoms with Crippen LogP contribution in [0, 0.1) is 5.92 Å². The van der Waals surface area contributed by atoms with Gasteiger partial charge < -0.3 is 23.8 Å². The molecule has 0 aliphatic carbocycles. The van der Waals surface area contributed by atoms with Crippen LogP contribution >= 0.6 is 0 Å². The molecule has 8 heteroatoms. The van der Waals surface area contributed by atoms with Crippen LogP contribution in [-0.2, 0) is 9.53 Å². The number of carbonyl (C=O) groups excluding carboxylic acids is 2. The highest BCUT2D eigenvalue weighted by Crippen LogP contribution is 2.41. The standard InChI is InChI=1S/C28H32N2O6/c1-17-10-12-30(13-11-17)27(31)18(2)36-28(32)21-16-23(29-22-9-7-6-8-20(21)22)19-14-24(33-3)26(35-5)25(15-19)34-4/h6-9,14-18H,10-13H2,1-5H3. The molecule has 0 saturated carbocycles. The van der Waals surface area contributed by atoms with Gasteiger partial charge in [-0.05, 0) is 49.9 Å². The van der Waals surface area contributed by atoms with E-state index < -0.39 is 12.1 Å². The molecule has 2 aromatic carbocycles. The number of esters is 1. The molecule has 1 fully saturated rings. The number of carbonyl (C=O) groups is 2. The van der Waals surface area contributed by atoms with Crippen LogP contribution in [0.25, 0.3) is 22.2 Å². The molecule has 8 nitrogen and oxygen atoms in total. The fraction of sp³-hybridized carbons (Fsp3) is 0.393. The molecule has 1 aromatic heterocycles. The number of pyridine rings is 1. The van der Waals surface area contributed by atoms with E-state index in [-0.39, 0.29) is 5.91 Å². The average molecular weight is 493 g/mol. The van der Waals surface area contributed by atoms with Crippen molar-refractivity contribution in [2.24, 2.45) is 5.92 Å². The van der Waals surface area contributed by atoms with E-state index in [0.29, 0.717) is 64.0 Å². The van der Waals surface area contributed by atoms with Crippen molar-refractivity contribution in [1.29, 1.82) is 0 Å². The maximum absolute atomic E-state index is 13.3. The van der Waals surface area contributed by atoms with Crippen molar-refractivity contribution in [1.82, 2.24) is 9.88 Å². The minimum atomic E-state index is -0.887. The van der Waals surface area contributed by atoms with Crippen molar-refractivity contribution in [3.8, 4) is 28.5 Å². The van der Waals surface area contributed by atoms with Gasteiger partial charge >= 0.3 is 5.97 Å². The van der Waals surface area contributed by atoms with Gasteiger partial charge in [-0.25, -0.2) is 9.78 Å². The maximum Gasteiger partial charge on any atom is 0.339 e. The molecule has 2 heterocycles. The molecule has 4 rings (SSSR count). The van der Waals surface area contributed by atoms with Gasteiger partial charge in [0.05, 0.1) is 38.1 Å². The van der Waals surface area contributed by atoms with Gasteiger partial charge in [-0.15, -0.1) is 0 Å². The number of rotatable bonds is 7. The largest absolute Gasteiger partial charge is 0.493 e. The van der Waals surface area contributed by atoms with E-state index in [9.17, 15) is 9.59 Å². The number of nitrogens with zero attached hydrogens (tertiary/aromatic N) is 2. The topological polar surface area (TPSA) is 87.2 Å². The molecule has 36 heavy (non-hydrogen) atoms. The van der Waals surface area contributed by atoms with Crippen LogP contribution in [0.3, 0.4) is 0 Å². The minimum Gasteiger partial charge on any atom is -0.493 e. The quantitative estimate of drug-likeness (QED) is 0.441. The molecule has 190 valence electrons. The number of fused-ring (bicyclic) bond motifs is 1. The molecule has 1 aliphatic heterocycles. The van der Waals surface area contributed by atoms with Crippen molar-refractivity contribution in [3.05, 3.63) is 48.0 Å². The number of likely N-dealkylation sites (tertiary alicyclic amines) is 1. The summed E-state index contributed by atoms with van der Waals surface area (Å²) < 4.78 is 22.1. The lowest BCUT2D eigenvalue weighted by Crippen LogP contribution is -2.44. The van der Waals surface area contributed by atoms with Crippen molar-refractivity contribution in [3.63, 3.8) is 0 Å². The molecule has 1 atom stereocenters. The lowest BCUT2D eigenvalue weighted by molar-refractivity contribution is -0.141. The predicted octanol–water partition coefficient (Wildman–Crippen LogP) is 4.73. The van der Waals surface area contributed by atoms with E-state index in [2.05, 4.69) is 6.92 Å². The first-order valence-corrected chi connectivity index (χ1v) is 12.1. The van der Waals surface area contributed by atoms with Crippen molar-refractivity contribution in [2.45, 2.75) is 32.8 Å². The molecule has 0 bridgehead atoms. The molecule has 3 aromatic rings. The number of piperidine rings is 1. The summed E-state index contributed by atoms with van der Waals surface area (Å²) in [5.74, 6) is 1.27. The summed E-state index contributed by atoms with van der Waals surface area (Å²) >= 11 is 0. The van der Waals surface area contributed by atoms with E-state index in [4.69, 9.17) is 23.9 Å². The van der Waals surface area contributed by atoms with E-state index in [1.165, 1.54) is 7.11 Å². The second-order valence-electron chi connectivity index (χ2n) is 9.04. The Bertz CT molecular complexity index is 1240. The van der Waals surface area contributed by atoms with Gasteiger partial charge in [0, 0.05) is 24.0 Å². The van der Waals surface area contributed by atoms with Gasteiger partial charge in [0.25, 0.3) is 5.91 Å². The Labute approximate surface area is 211 Å². The third-order valence-electron chi connectivity index (χ3n) is 6.62. The van der Waals surface area contributed by atoms with Crippen LogP contribution in [0.1, 0.15) is 37.0 Å². The van der Waals surface area contributed by atoms with Crippen LogP contribution in [-0.4, -0.2) is 62.3 Å². The van der Waals surface area contributed by atoms with Gasteiger partial charge in [-0.2, -0.15) is 0 Å². The summed E-state index contributed by atoms with van der Waals surface area (Å²) in [6.45, 7) is 5.18. The van der Waals surface area contributed by atoms with Crippen LogP contribution in [0.4, 0.5) is 0 Å². The first kappa shape index (κ1) is 25.3. The average Bonchev–Trinajstić information content (AvgIpc) is 2.91.